The Morgan fingerprint density at radius 1 is 1.50 bits per heavy atom. The molecule has 69 valence electrons. The smallest absolute Gasteiger partial charge is 0.393 e. The SMILES string of the molecule is C[B]CC(O)C1(C(F)(F)F)CC1. The first-order chi connectivity index (χ1) is 5.44. The normalized spacial score (nSPS) is 23.4. The van der Waals surface area contributed by atoms with E-state index in [2.05, 4.69) is 0 Å². The standard InChI is InChI=1S/C7H11BF3O/c1-8-4-5(12)6(2-3-6)7(9,10)11/h5,12H,2-4H2,1H3. The summed E-state index contributed by atoms with van der Waals surface area (Å²) in [7, 11) is 1.57. The van der Waals surface area contributed by atoms with Gasteiger partial charge in [-0.2, -0.15) is 13.2 Å². The van der Waals surface area contributed by atoms with Crippen LogP contribution in [0.3, 0.4) is 0 Å². The Labute approximate surface area is 70.2 Å². The molecule has 1 atom stereocenters. The molecule has 1 radical (unpaired) electrons. The Morgan fingerprint density at radius 2 is 2.00 bits per heavy atom. The summed E-state index contributed by atoms with van der Waals surface area (Å²) >= 11 is 0. The van der Waals surface area contributed by atoms with Gasteiger partial charge in [-0.1, -0.05) is 13.1 Å². The second-order valence-electron chi connectivity index (χ2n) is 3.31. The van der Waals surface area contributed by atoms with Gasteiger partial charge >= 0.3 is 6.18 Å². The third-order valence-corrected chi connectivity index (χ3v) is 2.45. The Balaban J connectivity index is 2.60. The molecular formula is C7H11BF3O. The molecule has 0 heterocycles. The Morgan fingerprint density at radius 3 is 2.25 bits per heavy atom. The van der Waals surface area contributed by atoms with Crippen LogP contribution in [-0.4, -0.2) is 24.7 Å². The van der Waals surface area contributed by atoms with Crippen molar-refractivity contribution in [2.75, 3.05) is 0 Å². The summed E-state index contributed by atoms with van der Waals surface area (Å²) in [5.41, 5.74) is -1.78. The van der Waals surface area contributed by atoms with E-state index in [-0.39, 0.29) is 19.2 Å². The highest BCUT2D eigenvalue weighted by molar-refractivity contribution is 6.33. The third kappa shape index (κ3) is 1.47. The first-order valence-electron chi connectivity index (χ1n) is 3.96. The lowest BCUT2D eigenvalue weighted by molar-refractivity contribution is -0.211. The lowest BCUT2D eigenvalue weighted by atomic mass is 9.72. The van der Waals surface area contributed by atoms with Crippen LogP contribution in [0.15, 0.2) is 0 Å². The highest BCUT2D eigenvalue weighted by atomic mass is 19.4. The number of hydrogen-bond acceptors (Lipinski definition) is 1. The van der Waals surface area contributed by atoms with E-state index in [0.29, 0.717) is 0 Å². The van der Waals surface area contributed by atoms with E-state index >= 15 is 0 Å². The summed E-state index contributed by atoms with van der Waals surface area (Å²) < 4.78 is 36.9. The lowest BCUT2D eigenvalue weighted by Gasteiger charge is -2.24. The van der Waals surface area contributed by atoms with Crippen molar-refractivity contribution >= 4 is 7.28 Å². The average Bonchev–Trinajstić information content (AvgIpc) is 2.63. The second-order valence-corrected chi connectivity index (χ2v) is 3.31. The van der Waals surface area contributed by atoms with Gasteiger partial charge in [0.2, 0.25) is 0 Å². The molecule has 1 aliphatic rings. The summed E-state index contributed by atoms with van der Waals surface area (Å²) in [5, 5.41) is 9.22. The molecule has 0 bridgehead atoms. The molecule has 0 saturated heterocycles. The maximum absolute atomic E-state index is 12.3. The van der Waals surface area contributed by atoms with Crippen LogP contribution in [0.2, 0.25) is 13.1 Å². The van der Waals surface area contributed by atoms with E-state index in [1.807, 2.05) is 0 Å². The number of aliphatic hydroxyl groups is 1. The minimum Gasteiger partial charge on any atom is -0.393 e. The second kappa shape index (κ2) is 2.94. The summed E-state index contributed by atoms with van der Waals surface area (Å²) in [6, 6.07) is 0. The van der Waals surface area contributed by atoms with Crippen molar-refractivity contribution in [1.82, 2.24) is 0 Å². The quantitative estimate of drug-likeness (QED) is 0.655. The van der Waals surface area contributed by atoms with Gasteiger partial charge in [-0.05, 0) is 12.8 Å². The van der Waals surface area contributed by atoms with Crippen LogP contribution >= 0.6 is 0 Å². The molecule has 12 heavy (non-hydrogen) atoms. The predicted octanol–water partition coefficient (Wildman–Crippen LogP) is 1.86. The first kappa shape index (κ1) is 9.90. The van der Waals surface area contributed by atoms with Crippen LogP contribution < -0.4 is 0 Å². The van der Waals surface area contributed by atoms with Crippen molar-refractivity contribution in [2.24, 2.45) is 5.41 Å². The highest BCUT2D eigenvalue weighted by Gasteiger charge is 2.66. The zero-order valence-electron chi connectivity index (χ0n) is 6.86. The zero-order valence-corrected chi connectivity index (χ0v) is 6.86. The van der Waals surface area contributed by atoms with E-state index in [1.54, 1.807) is 14.1 Å². The lowest BCUT2D eigenvalue weighted by Crippen LogP contribution is -2.36. The van der Waals surface area contributed by atoms with Gasteiger partial charge in [-0.15, -0.1) is 0 Å². The van der Waals surface area contributed by atoms with E-state index in [1.165, 1.54) is 0 Å². The van der Waals surface area contributed by atoms with Crippen LogP contribution in [0.5, 0.6) is 0 Å². The topological polar surface area (TPSA) is 20.2 Å². The fraction of sp³-hybridized carbons (Fsp3) is 1.00. The Bertz CT molecular complexity index is 165. The zero-order chi connectivity index (χ0) is 9.41. The van der Waals surface area contributed by atoms with Crippen molar-refractivity contribution in [3.63, 3.8) is 0 Å². The monoisotopic (exact) mass is 179 g/mol. The molecule has 1 aliphatic carbocycles. The molecule has 1 nitrogen and oxygen atoms in total. The summed E-state index contributed by atoms with van der Waals surface area (Å²) in [6.45, 7) is 1.65. The van der Waals surface area contributed by atoms with Crippen LogP contribution in [0.25, 0.3) is 0 Å². The maximum Gasteiger partial charge on any atom is 0.396 e. The molecule has 1 fully saturated rings. The van der Waals surface area contributed by atoms with Gasteiger partial charge in [0.25, 0.3) is 0 Å². The molecule has 0 aliphatic heterocycles. The summed E-state index contributed by atoms with van der Waals surface area (Å²) in [6.07, 6.45) is -5.21. The predicted molar refractivity (Wildman–Crippen MR) is 40.2 cm³/mol. The summed E-state index contributed by atoms with van der Waals surface area (Å²) in [4.78, 5) is 0. The van der Waals surface area contributed by atoms with Crippen LogP contribution in [0.4, 0.5) is 13.2 Å². The van der Waals surface area contributed by atoms with Crippen molar-refractivity contribution in [1.29, 1.82) is 0 Å². The van der Waals surface area contributed by atoms with Crippen molar-refractivity contribution in [2.45, 2.75) is 38.3 Å². The Hall–Kier alpha value is -0.185. The molecule has 1 saturated carbocycles. The van der Waals surface area contributed by atoms with Crippen molar-refractivity contribution < 1.29 is 18.3 Å². The highest BCUT2D eigenvalue weighted by Crippen LogP contribution is 2.60. The molecule has 0 aromatic carbocycles. The van der Waals surface area contributed by atoms with Gasteiger partial charge in [-0.3, -0.25) is 0 Å². The van der Waals surface area contributed by atoms with Gasteiger partial charge < -0.3 is 5.11 Å². The largest absolute Gasteiger partial charge is 0.396 e. The minimum absolute atomic E-state index is 0.0749. The van der Waals surface area contributed by atoms with Crippen LogP contribution in [-0.2, 0) is 0 Å². The minimum atomic E-state index is -4.24. The number of alkyl halides is 3. The molecule has 0 spiro atoms. The summed E-state index contributed by atoms with van der Waals surface area (Å²) in [5.74, 6) is 0. The van der Waals surface area contributed by atoms with E-state index in [4.69, 9.17) is 0 Å². The molecule has 1 unspecified atom stereocenters. The molecule has 0 aromatic heterocycles. The number of halogens is 3. The van der Waals surface area contributed by atoms with Crippen LogP contribution in [0, 0.1) is 5.41 Å². The third-order valence-electron chi connectivity index (χ3n) is 2.45. The molecule has 5 heteroatoms. The average molecular weight is 179 g/mol. The fourth-order valence-electron chi connectivity index (χ4n) is 1.39. The number of rotatable bonds is 3. The first-order valence-corrected chi connectivity index (χ1v) is 3.96. The van der Waals surface area contributed by atoms with E-state index < -0.39 is 17.7 Å². The van der Waals surface area contributed by atoms with Crippen LogP contribution in [0.1, 0.15) is 12.8 Å². The van der Waals surface area contributed by atoms with Crippen molar-refractivity contribution in [3.05, 3.63) is 0 Å². The molecule has 0 amide bonds. The molecule has 1 rings (SSSR count). The Kier molecular flexibility index (Phi) is 2.43. The molecular weight excluding hydrogens is 168 g/mol. The number of hydrogen-bond donors (Lipinski definition) is 1. The van der Waals surface area contributed by atoms with E-state index in [9.17, 15) is 18.3 Å². The maximum atomic E-state index is 12.3. The van der Waals surface area contributed by atoms with Crippen molar-refractivity contribution in [3.8, 4) is 0 Å². The van der Waals surface area contributed by atoms with Gasteiger partial charge in [0, 0.05) is 0 Å². The van der Waals surface area contributed by atoms with Gasteiger partial charge in [0.1, 0.15) is 7.28 Å². The fourth-order valence-corrected chi connectivity index (χ4v) is 1.39. The van der Waals surface area contributed by atoms with E-state index in [0.717, 1.165) is 0 Å². The van der Waals surface area contributed by atoms with Gasteiger partial charge in [0.05, 0.1) is 11.5 Å². The molecule has 1 N–H and O–H groups in total. The van der Waals surface area contributed by atoms with Gasteiger partial charge in [0.15, 0.2) is 0 Å². The van der Waals surface area contributed by atoms with Gasteiger partial charge in [-0.25, -0.2) is 0 Å². The molecule has 0 aromatic rings. The number of aliphatic hydroxyl groups excluding tert-OH is 1.